The second kappa shape index (κ2) is 20.4. The summed E-state index contributed by atoms with van der Waals surface area (Å²) in [6, 6.07) is 15.5. The van der Waals surface area contributed by atoms with Crippen molar-refractivity contribution in [2.75, 3.05) is 11.4 Å². The molecule has 290 valence electrons. The van der Waals surface area contributed by atoms with E-state index >= 15 is 0 Å². The maximum Gasteiger partial charge on any atom is 0.395 e. The predicted octanol–water partition coefficient (Wildman–Crippen LogP) is 2.64. The van der Waals surface area contributed by atoms with Gasteiger partial charge in [0.1, 0.15) is 12.1 Å². The number of carboxylic acids is 3. The summed E-state index contributed by atoms with van der Waals surface area (Å²) < 4.78 is 0. The summed E-state index contributed by atoms with van der Waals surface area (Å²) >= 11 is 0. The Hall–Kier alpha value is -6.84. The lowest BCUT2D eigenvalue weighted by atomic mass is 9.97. The van der Waals surface area contributed by atoms with E-state index in [9.17, 15) is 48.6 Å². The summed E-state index contributed by atoms with van der Waals surface area (Å²) in [5.74, 6) is -9.24. The Morgan fingerprint density at radius 3 is 2.05 bits per heavy atom. The van der Waals surface area contributed by atoms with Crippen LogP contribution in [0.3, 0.4) is 0 Å². The number of rotatable bonds is 20. The molecule has 3 aromatic carbocycles. The summed E-state index contributed by atoms with van der Waals surface area (Å²) in [6.07, 6.45) is 2.92. The van der Waals surface area contributed by atoms with Crippen molar-refractivity contribution in [3.63, 3.8) is 0 Å². The van der Waals surface area contributed by atoms with Crippen molar-refractivity contribution in [3.8, 4) is 0 Å². The number of nitrogens with two attached hydrogens (primary N) is 2. The van der Waals surface area contributed by atoms with Crippen molar-refractivity contribution in [3.05, 3.63) is 101 Å². The van der Waals surface area contributed by atoms with Crippen LogP contribution in [0.2, 0.25) is 0 Å². The quantitative estimate of drug-likeness (QED) is 0.0554. The average molecular weight is 758 g/mol. The number of anilines is 2. The molecule has 0 saturated heterocycles. The van der Waals surface area contributed by atoms with E-state index in [1.54, 1.807) is 30.3 Å². The third kappa shape index (κ3) is 12.4. The number of nitrogens with zero attached hydrogens (tertiary/aromatic N) is 2. The SMILES string of the molecule is CCCCCN(C(=O)[C@H](Cc1ccccc1)NC(=O)CCC(=O)O)[C@@H](Cc1ccc(N(C(=O)C(=O)O)c2ccccc2C(=O)O)c(/C=C/C(N)=O)c1)C(N)=O. The van der Waals surface area contributed by atoms with Gasteiger partial charge in [-0.2, -0.15) is 0 Å². The molecular formula is C39H43N5O11. The van der Waals surface area contributed by atoms with Gasteiger partial charge in [-0.25, -0.2) is 9.59 Å². The minimum Gasteiger partial charge on any atom is -0.481 e. The van der Waals surface area contributed by atoms with Gasteiger partial charge in [-0.05, 0) is 53.5 Å². The number of primary amides is 2. The molecule has 0 aromatic heterocycles. The number of benzene rings is 3. The van der Waals surface area contributed by atoms with E-state index in [1.165, 1.54) is 53.4 Å². The van der Waals surface area contributed by atoms with Crippen molar-refractivity contribution in [2.45, 2.75) is 64.0 Å². The number of para-hydroxylation sites is 1. The molecule has 0 radical (unpaired) electrons. The molecule has 16 heteroatoms. The standard InChI is InChI=1S/C39H43N5O11/c1-2-3-9-20-43(36(50)28(22-24-10-5-4-6-11-24)42-33(46)18-19-34(47)48)31(35(41)49)23-25-14-16-29(26(21-25)15-17-32(40)45)44(37(51)39(54)55)30-13-8-7-12-27(30)38(52)53/h4-8,10-17,21,28,31H,2-3,9,18-20,22-23H2,1H3,(H2,40,45)(H2,41,49)(H,42,46)(H,47,48)(H,52,53)(H,54,55)/b17-15+/t28-,31-/m0/s1. The van der Waals surface area contributed by atoms with Gasteiger partial charge in [0, 0.05) is 31.9 Å². The Morgan fingerprint density at radius 2 is 1.45 bits per heavy atom. The molecule has 8 N–H and O–H groups in total. The largest absolute Gasteiger partial charge is 0.481 e. The average Bonchev–Trinajstić information content (AvgIpc) is 3.14. The van der Waals surface area contributed by atoms with Crippen LogP contribution >= 0.6 is 0 Å². The Balaban J connectivity index is 2.15. The van der Waals surface area contributed by atoms with Gasteiger partial charge >= 0.3 is 23.8 Å². The van der Waals surface area contributed by atoms with E-state index in [0.717, 1.165) is 12.5 Å². The monoisotopic (exact) mass is 757 g/mol. The molecule has 0 fully saturated rings. The summed E-state index contributed by atoms with van der Waals surface area (Å²) in [6.45, 7) is 1.99. The van der Waals surface area contributed by atoms with Crippen LogP contribution < -0.4 is 21.7 Å². The first kappa shape index (κ1) is 42.6. The number of aromatic carboxylic acids is 1. The molecule has 2 atom stereocenters. The summed E-state index contributed by atoms with van der Waals surface area (Å²) in [4.78, 5) is 103. The van der Waals surface area contributed by atoms with Gasteiger partial charge in [-0.3, -0.25) is 33.7 Å². The second-order valence-electron chi connectivity index (χ2n) is 12.5. The molecular weight excluding hydrogens is 714 g/mol. The zero-order valence-electron chi connectivity index (χ0n) is 30.1. The summed E-state index contributed by atoms with van der Waals surface area (Å²) in [5, 5.41) is 31.3. The van der Waals surface area contributed by atoms with Crippen LogP contribution in [-0.4, -0.2) is 86.3 Å². The number of carboxylic acid groups (broad SMARTS) is 3. The Kier molecular flexibility index (Phi) is 15.8. The molecule has 3 aromatic rings. The molecule has 0 saturated carbocycles. The Labute approximate surface area is 316 Å². The predicted molar refractivity (Wildman–Crippen MR) is 200 cm³/mol. The number of unbranched alkanes of at least 4 members (excludes halogenated alkanes) is 2. The lowest BCUT2D eigenvalue weighted by Crippen LogP contribution is -2.56. The highest BCUT2D eigenvalue weighted by Crippen LogP contribution is 2.34. The van der Waals surface area contributed by atoms with Gasteiger partial charge in [0.2, 0.25) is 23.6 Å². The number of nitrogens with one attached hydrogen (secondary N) is 1. The Bertz CT molecular complexity index is 1950. The zero-order chi connectivity index (χ0) is 40.7. The first-order valence-corrected chi connectivity index (χ1v) is 17.3. The minimum atomic E-state index is -1.91. The fraction of sp³-hybridized carbons (Fsp3) is 0.282. The third-order valence-corrected chi connectivity index (χ3v) is 8.42. The second-order valence-corrected chi connectivity index (χ2v) is 12.5. The van der Waals surface area contributed by atoms with Crippen LogP contribution in [0, 0.1) is 0 Å². The van der Waals surface area contributed by atoms with E-state index < -0.39 is 77.9 Å². The van der Waals surface area contributed by atoms with Crippen LogP contribution in [0.1, 0.15) is 66.1 Å². The molecule has 0 spiro atoms. The maximum absolute atomic E-state index is 14.4. The van der Waals surface area contributed by atoms with Crippen molar-refractivity contribution in [2.24, 2.45) is 11.5 Å². The first-order valence-electron chi connectivity index (χ1n) is 17.3. The fourth-order valence-electron chi connectivity index (χ4n) is 5.81. The molecule has 0 bridgehead atoms. The van der Waals surface area contributed by atoms with Crippen LogP contribution in [0.5, 0.6) is 0 Å². The summed E-state index contributed by atoms with van der Waals surface area (Å²) in [7, 11) is 0. The number of hydrogen-bond acceptors (Lipinski definition) is 8. The van der Waals surface area contributed by atoms with Crippen molar-refractivity contribution in [1.82, 2.24) is 10.2 Å². The van der Waals surface area contributed by atoms with E-state index in [4.69, 9.17) is 16.6 Å². The zero-order valence-corrected chi connectivity index (χ0v) is 30.1. The summed E-state index contributed by atoms with van der Waals surface area (Å²) in [5.41, 5.74) is 11.5. The van der Waals surface area contributed by atoms with Gasteiger partial charge in [-0.1, -0.05) is 68.3 Å². The van der Waals surface area contributed by atoms with Gasteiger partial charge in [0.25, 0.3) is 0 Å². The van der Waals surface area contributed by atoms with Gasteiger partial charge in [0.15, 0.2) is 0 Å². The third-order valence-electron chi connectivity index (χ3n) is 8.42. The highest BCUT2D eigenvalue weighted by atomic mass is 16.4. The molecule has 5 amide bonds. The smallest absolute Gasteiger partial charge is 0.395 e. The van der Waals surface area contributed by atoms with Gasteiger partial charge in [0.05, 0.1) is 23.4 Å². The molecule has 0 aliphatic carbocycles. The van der Waals surface area contributed by atoms with E-state index in [0.29, 0.717) is 28.9 Å². The molecule has 0 aliphatic heterocycles. The number of carbonyl (C=O) groups is 8. The number of aliphatic carboxylic acids is 2. The topological polar surface area (TPSA) is 268 Å². The van der Waals surface area contributed by atoms with Gasteiger partial charge < -0.3 is 37.0 Å². The first-order chi connectivity index (χ1) is 26.1. The van der Waals surface area contributed by atoms with Crippen LogP contribution in [-0.2, 0) is 46.4 Å². The lowest BCUT2D eigenvalue weighted by Gasteiger charge is -2.33. The molecule has 16 nitrogen and oxygen atoms in total. The molecule has 0 aliphatic rings. The number of hydrogen-bond donors (Lipinski definition) is 6. The fourth-order valence-corrected chi connectivity index (χ4v) is 5.81. The molecule has 3 rings (SSSR count). The highest BCUT2D eigenvalue weighted by Gasteiger charge is 2.35. The van der Waals surface area contributed by atoms with Crippen LogP contribution in [0.15, 0.2) is 78.9 Å². The van der Waals surface area contributed by atoms with Crippen LogP contribution in [0.25, 0.3) is 6.08 Å². The van der Waals surface area contributed by atoms with Crippen molar-refractivity contribution < 1.29 is 53.7 Å². The number of amides is 5. The van der Waals surface area contributed by atoms with Crippen LogP contribution in [0.4, 0.5) is 11.4 Å². The van der Waals surface area contributed by atoms with Gasteiger partial charge in [-0.15, -0.1) is 0 Å². The molecule has 55 heavy (non-hydrogen) atoms. The van der Waals surface area contributed by atoms with E-state index in [2.05, 4.69) is 5.32 Å². The lowest BCUT2D eigenvalue weighted by molar-refractivity contribution is -0.148. The van der Waals surface area contributed by atoms with E-state index in [1.807, 2.05) is 6.92 Å². The van der Waals surface area contributed by atoms with Crippen molar-refractivity contribution >= 4 is 64.9 Å². The minimum absolute atomic E-state index is 0.0102. The van der Waals surface area contributed by atoms with Crippen molar-refractivity contribution in [1.29, 1.82) is 0 Å². The molecule has 0 unspecified atom stereocenters. The number of carbonyl (C=O) groups excluding carboxylic acids is 5. The normalized spacial score (nSPS) is 11.9. The molecule has 0 heterocycles. The highest BCUT2D eigenvalue weighted by molar-refractivity contribution is 6.39. The maximum atomic E-state index is 14.4. The Morgan fingerprint density at radius 1 is 0.782 bits per heavy atom. The van der Waals surface area contributed by atoms with E-state index in [-0.39, 0.29) is 36.3 Å².